The molecule has 0 unspecified atom stereocenters. The average Bonchev–Trinajstić information content (AvgIpc) is 2.02. The fourth-order valence-electron chi connectivity index (χ4n) is 1.22. The summed E-state index contributed by atoms with van der Waals surface area (Å²) in [5.41, 5.74) is 7.25. The van der Waals surface area contributed by atoms with Crippen LogP contribution >= 0.6 is 23.2 Å². The third kappa shape index (κ3) is 2.14. The van der Waals surface area contributed by atoms with Gasteiger partial charge < -0.3 is 5.73 Å². The Labute approximate surface area is 86.6 Å². The lowest BCUT2D eigenvalue weighted by Gasteiger charge is -2.07. The molecule has 1 aromatic carbocycles. The van der Waals surface area contributed by atoms with Gasteiger partial charge in [0.05, 0.1) is 5.88 Å². The van der Waals surface area contributed by atoms with E-state index in [4.69, 9.17) is 28.9 Å². The largest absolute Gasteiger partial charge is 0.398 e. The summed E-state index contributed by atoms with van der Waals surface area (Å²) in [4.78, 5) is 11.3. The molecule has 2 nitrogen and oxygen atoms in total. The molecule has 0 aliphatic carbocycles. The Morgan fingerprint density at radius 1 is 1.54 bits per heavy atom. The standard InChI is InChI=1S/C9H9Cl2NO/c1-5-2-6(11)3-7(12)9(5)8(13)4-10/h2-3H,4,12H2,1H3. The lowest BCUT2D eigenvalue weighted by Crippen LogP contribution is -2.07. The van der Waals surface area contributed by atoms with E-state index in [1.807, 2.05) is 0 Å². The van der Waals surface area contributed by atoms with Crippen molar-refractivity contribution >= 4 is 34.7 Å². The maximum absolute atomic E-state index is 11.3. The van der Waals surface area contributed by atoms with Gasteiger partial charge in [-0.25, -0.2) is 0 Å². The molecule has 0 fully saturated rings. The highest BCUT2D eigenvalue weighted by atomic mass is 35.5. The third-order valence-corrected chi connectivity index (χ3v) is 2.19. The highest BCUT2D eigenvalue weighted by Gasteiger charge is 2.12. The molecule has 0 bridgehead atoms. The fraction of sp³-hybridized carbons (Fsp3) is 0.222. The number of nitrogens with two attached hydrogens (primary N) is 1. The summed E-state index contributed by atoms with van der Waals surface area (Å²) in [6.07, 6.45) is 0. The second-order valence-electron chi connectivity index (χ2n) is 2.74. The minimum absolute atomic E-state index is 0.0628. The van der Waals surface area contributed by atoms with E-state index < -0.39 is 0 Å². The number of hydrogen-bond acceptors (Lipinski definition) is 2. The number of nitrogen functional groups attached to an aromatic ring is 1. The van der Waals surface area contributed by atoms with Crippen LogP contribution in [0.1, 0.15) is 15.9 Å². The molecule has 4 heteroatoms. The number of halogens is 2. The van der Waals surface area contributed by atoms with E-state index in [0.717, 1.165) is 5.56 Å². The Balaban J connectivity index is 3.28. The van der Waals surface area contributed by atoms with Crippen molar-refractivity contribution in [2.24, 2.45) is 0 Å². The Morgan fingerprint density at radius 3 is 2.62 bits per heavy atom. The van der Waals surface area contributed by atoms with Crippen molar-refractivity contribution in [3.63, 3.8) is 0 Å². The zero-order valence-electron chi connectivity index (χ0n) is 7.10. The molecule has 1 aromatic rings. The van der Waals surface area contributed by atoms with Gasteiger partial charge in [0.2, 0.25) is 0 Å². The van der Waals surface area contributed by atoms with Gasteiger partial charge in [0.25, 0.3) is 0 Å². The van der Waals surface area contributed by atoms with Crippen molar-refractivity contribution in [1.29, 1.82) is 0 Å². The van der Waals surface area contributed by atoms with E-state index in [9.17, 15) is 4.79 Å². The molecule has 0 saturated carbocycles. The van der Waals surface area contributed by atoms with Crippen LogP contribution < -0.4 is 5.73 Å². The second kappa shape index (κ2) is 3.99. The lowest BCUT2D eigenvalue weighted by molar-refractivity contribution is 0.102. The van der Waals surface area contributed by atoms with Crippen LogP contribution in [-0.2, 0) is 0 Å². The van der Waals surface area contributed by atoms with E-state index in [0.29, 0.717) is 16.3 Å². The molecule has 1 rings (SSSR count). The number of alkyl halides is 1. The quantitative estimate of drug-likeness (QED) is 0.471. The summed E-state index contributed by atoms with van der Waals surface area (Å²) >= 11 is 11.2. The van der Waals surface area contributed by atoms with Gasteiger partial charge in [-0.15, -0.1) is 11.6 Å². The van der Waals surface area contributed by atoms with Gasteiger partial charge >= 0.3 is 0 Å². The Hall–Kier alpha value is -0.730. The van der Waals surface area contributed by atoms with Gasteiger partial charge in [-0.05, 0) is 24.6 Å². The molecule has 0 heterocycles. The monoisotopic (exact) mass is 217 g/mol. The summed E-state index contributed by atoms with van der Waals surface area (Å²) in [6, 6.07) is 3.24. The SMILES string of the molecule is Cc1cc(Cl)cc(N)c1C(=O)CCl. The number of carbonyl (C=O) groups is 1. The third-order valence-electron chi connectivity index (χ3n) is 1.73. The molecule has 0 aromatic heterocycles. The molecule has 0 aliphatic heterocycles. The van der Waals surface area contributed by atoms with Crippen LogP contribution in [0.4, 0.5) is 5.69 Å². The van der Waals surface area contributed by atoms with E-state index in [2.05, 4.69) is 0 Å². The molecule has 0 spiro atoms. The number of carbonyl (C=O) groups excluding carboxylic acids is 1. The molecule has 0 saturated heterocycles. The molecule has 0 aliphatic rings. The highest BCUT2D eigenvalue weighted by Crippen LogP contribution is 2.23. The van der Waals surface area contributed by atoms with E-state index >= 15 is 0 Å². The average molecular weight is 218 g/mol. The Bertz CT molecular complexity index is 326. The first-order chi connectivity index (χ1) is 6.06. The summed E-state index contributed by atoms with van der Waals surface area (Å²) in [6.45, 7) is 1.78. The Morgan fingerprint density at radius 2 is 2.15 bits per heavy atom. The maximum Gasteiger partial charge on any atom is 0.179 e. The minimum Gasteiger partial charge on any atom is -0.398 e. The number of Topliss-reactive ketones (excluding diaryl/α,β-unsaturated/α-hetero) is 1. The fourth-order valence-corrected chi connectivity index (χ4v) is 1.63. The van der Waals surface area contributed by atoms with Crippen molar-refractivity contribution in [2.75, 3.05) is 11.6 Å². The number of benzene rings is 1. The van der Waals surface area contributed by atoms with Crippen LogP contribution in [0.2, 0.25) is 5.02 Å². The summed E-state index contributed by atoms with van der Waals surface area (Å²) in [5, 5.41) is 0.529. The summed E-state index contributed by atoms with van der Waals surface area (Å²) in [5.74, 6) is -0.236. The van der Waals surface area contributed by atoms with Gasteiger partial charge in [-0.2, -0.15) is 0 Å². The number of hydrogen-bond donors (Lipinski definition) is 1. The van der Waals surface area contributed by atoms with Crippen LogP contribution in [0.5, 0.6) is 0 Å². The lowest BCUT2D eigenvalue weighted by atomic mass is 10.0. The summed E-state index contributed by atoms with van der Waals surface area (Å²) < 4.78 is 0. The van der Waals surface area contributed by atoms with Crippen molar-refractivity contribution < 1.29 is 4.79 Å². The van der Waals surface area contributed by atoms with Gasteiger partial charge in [0, 0.05) is 16.3 Å². The molecule has 0 radical (unpaired) electrons. The molecule has 13 heavy (non-hydrogen) atoms. The van der Waals surface area contributed by atoms with Gasteiger partial charge in [-0.3, -0.25) is 4.79 Å². The van der Waals surface area contributed by atoms with E-state index in [-0.39, 0.29) is 11.7 Å². The normalized spacial score (nSPS) is 10.1. The molecule has 0 amide bonds. The van der Waals surface area contributed by atoms with Gasteiger partial charge in [0.15, 0.2) is 5.78 Å². The predicted octanol–water partition coefficient (Wildman–Crippen LogP) is 2.65. The Kier molecular flexibility index (Phi) is 3.17. The smallest absolute Gasteiger partial charge is 0.179 e. The zero-order valence-corrected chi connectivity index (χ0v) is 8.62. The predicted molar refractivity (Wildman–Crippen MR) is 55.7 cm³/mol. The van der Waals surface area contributed by atoms with Crippen molar-refractivity contribution in [3.8, 4) is 0 Å². The van der Waals surface area contributed by atoms with Crippen molar-refractivity contribution in [3.05, 3.63) is 28.3 Å². The number of rotatable bonds is 2. The van der Waals surface area contributed by atoms with E-state index in [1.54, 1.807) is 19.1 Å². The van der Waals surface area contributed by atoms with Crippen LogP contribution in [0, 0.1) is 6.92 Å². The van der Waals surface area contributed by atoms with Crippen LogP contribution in [0.15, 0.2) is 12.1 Å². The molecule has 70 valence electrons. The molecular weight excluding hydrogens is 209 g/mol. The number of ketones is 1. The van der Waals surface area contributed by atoms with Crippen molar-refractivity contribution in [2.45, 2.75) is 6.92 Å². The molecule has 0 atom stereocenters. The van der Waals surface area contributed by atoms with Crippen molar-refractivity contribution in [1.82, 2.24) is 0 Å². The first kappa shape index (κ1) is 10.4. The van der Waals surface area contributed by atoms with E-state index in [1.165, 1.54) is 0 Å². The molecular formula is C9H9Cl2NO. The van der Waals surface area contributed by atoms with Gasteiger partial charge in [0.1, 0.15) is 0 Å². The minimum atomic E-state index is -0.173. The maximum atomic E-state index is 11.3. The topological polar surface area (TPSA) is 43.1 Å². The number of anilines is 1. The first-order valence-corrected chi connectivity index (χ1v) is 4.62. The highest BCUT2D eigenvalue weighted by molar-refractivity contribution is 6.33. The first-order valence-electron chi connectivity index (χ1n) is 3.71. The molecule has 2 N–H and O–H groups in total. The second-order valence-corrected chi connectivity index (χ2v) is 3.45. The summed E-state index contributed by atoms with van der Waals surface area (Å²) in [7, 11) is 0. The van der Waals surface area contributed by atoms with Crippen LogP contribution in [0.3, 0.4) is 0 Å². The zero-order chi connectivity index (χ0) is 10.0. The van der Waals surface area contributed by atoms with Crippen LogP contribution in [0.25, 0.3) is 0 Å². The van der Waals surface area contributed by atoms with Crippen LogP contribution in [-0.4, -0.2) is 11.7 Å². The van der Waals surface area contributed by atoms with Gasteiger partial charge in [-0.1, -0.05) is 11.6 Å². The number of aryl methyl sites for hydroxylation is 1.